The van der Waals surface area contributed by atoms with Crippen LogP contribution in [-0.4, -0.2) is 60.2 Å². The van der Waals surface area contributed by atoms with Crippen molar-refractivity contribution < 1.29 is 23.1 Å². The highest BCUT2D eigenvalue weighted by Crippen LogP contribution is 2.33. The fourth-order valence-corrected chi connectivity index (χ4v) is 5.21. The van der Waals surface area contributed by atoms with E-state index in [2.05, 4.69) is 10.3 Å². The van der Waals surface area contributed by atoms with Crippen molar-refractivity contribution in [2.75, 3.05) is 43.4 Å². The molecule has 12 heteroatoms. The van der Waals surface area contributed by atoms with Crippen molar-refractivity contribution >= 4 is 56.5 Å². The summed E-state index contributed by atoms with van der Waals surface area (Å²) >= 11 is 7.02. The third-order valence-electron chi connectivity index (χ3n) is 5.83. The number of carbonyl (C=O) groups is 2. The highest BCUT2D eigenvalue weighted by atomic mass is 35.5. The monoisotopic (exact) mass is 551 g/mol. The number of fused-ring (bicyclic) bond motifs is 1. The topological polar surface area (TPSA) is 101 Å². The van der Waals surface area contributed by atoms with E-state index in [9.17, 15) is 18.4 Å². The molecule has 0 radical (unpaired) electrons. The number of hydrogen-bond donors (Lipinski definition) is 2. The molecule has 1 aliphatic rings. The first-order valence-corrected chi connectivity index (χ1v) is 13.0. The predicted molar refractivity (Wildman–Crippen MR) is 141 cm³/mol. The Bertz CT molecular complexity index is 1340. The van der Waals surface area contributed by atoms with Gasteiger partial charge in [0.15, 0.2) is 0 Å². The van der Waals surface area contributed by atoms with E-state index in [4.69, 9.17) is 22.1 Å². The van der Waals surface area contributed by atoms with Crippen LogP contribution < -0.4 is 16.0 Å². The second kappa shape index (κ2) is 10.7. The van der Waals surface area contributed by atoms with Gasteiger partial charge in [0, 0.05) is 44.2 Å². The number of halogens is 3. The van der Waals surface area contributed by atoms with Gasteiger partial charge in [0.2, 0.25) is 0 Å². The number of nitrogens with one attached hydrogen (secondary N) is 1. The van der Waals surface area contributed by atoms with Crippen LogP contribution in [0.5, 0.6) is 0 Å². The Morgan fingerprint density at radius 2 is 1.86 bits per heavy atom. The zero-order chi connectivity index (χ0) is 26.9. The van der Waals surface area contributed by atoms with E-state index >= 15 is 0 Å². The largest absolute Gasteiger partial charge is 0.444 e. The van der Waals surface area contributed by atoms with Gasteiger partial charge in [-0.2, -0.15) is 0 Å². The van der Waals surface area contributed by atoms with Crippen LogP contribution in [0.25, 0.3) is 10.2 Å². The molecule has 0 saturated carbocycles. The smallest absolute Gasteiger partial charge is 0.410 e. The quantitative estimate of drug-likeness (QED) is 0.440. The molecule has 2 aromatic heterocycles. The van der Waals surface area contributed by atoms with Crippen LogP contribution in [-0.2, 0) is 11.2 Å². The van der Waals surface area contributed by atoms with Gasteiger partial charge < -0.3 is 25.6 Å². The summed E-state index contributed by atoms with van der Waals surface area (Å²) in [6.07, 6.45) is -0.329. The first-order valence-electron chi connectivity index (χ1n) is 11.8. The third-order valence-corrected chi connectivity index (χ3v) is 7.16. The van der Waals surface area contributed by atoms with Crippen LogP contribution >= 0.6 is 22.9 Å². The number of thiophene rings is 1. The first kappa shape index (κ1) is 26.9. The Morgan fingerprint density at radius 1 is 1.16 bits per heavy atom. The van der Waals surface area contributed by atoms with E-state index in [1.54, 1.807) is 42.7 Å². The lowest BCUT2D eigenvalue weighted by molar-refractivity contribution is 0.0240. The highest BCUT2D eigenvalue weighted by Gasteiger charge is 2.27. The molecule has 0 aliphatic carbocycles. The number of amides is 2. The van der Waals surface area contributed by atoms with Crippen molar-refractivity contribution in [1.82, 2.24) is 15.2 Å². The number of hydrogen-bond acceptors (Lipinski definition) is 7. The molecule has 0 bridgehead atoms. The van der Waals surface area contributed by atoms with E-state index in [1.165, 1.54) is 0 Å². The minimum atomic E-state index is -0.602. The lowest BCUT2D eigenvalue weighted by Gasteiger charge is -2.37. The number of nitrogens with two attached hydrogens (primary N) is 1. The summed E-state index contributed by atoms with van der Waals surface area (Å²) < 4.78 is 35.1. The van der Waals surface area contributed by atoms with Gasteiger partial charge in [0.05, 0.1) is 11.4 Å². The van der Waals surface area contributed by atoms with Crippen LogP contribution in [0.4, 0.5) is 25.0 Å². The Kier molecular flexibility index (Phi) is 7.75. The fourth-order valence-electron chi connectivity index (χ4n) is 4.00. The lowest BCUT2D eigenvalue weighted by Crippen LogP contribution is -2.50. The molecule has 1 aromatic carbocycles. The van der Waals surface area contributed by atoms with Gasteiger partial charge in [0.25, 0.3) is 5.91 Å². The summed E-state index contributed by atoms with van der Waals surface area (Å²) in [6.45, 7) is 6.84. The Balaban J connectivity index is 1.35. The molecular formula is C25H28ClF2N5O3S. The zero-order valence-corrected chi connectivity index (χ0v) is 22.3. The summed E-state index contributed by atoms with van der Waals surface area (Å²) in [7, 11) is 0. The maximum Gasteiger partial charge on any atom is 0.410 e. The van der Waals surface area contributed by atoms with Gasteiger partial charge >= 0.3 is 6.09 Å². The average molecular weight is 552 g/mol. The molecule has 3 heterocycles. The van der Waals surface area contributed by atoms with Crippen molar-refractivity contribution in [3.05, 3.63) is 51.5 Å². The van der Waals surface area contributed by atoms with Gasteiger partial charge in [-0.15, -0.1) is 11.3 Å². The Morgan fingerprint density at radius 3 is 2.54 bits per heavy atom. The van der Waals surface area contributed by atoms with E-state index < -0.39 is 29.2 Å². The van der Waals surface area contributed by atoms with Crippen molar-refractivity contribution in [2.45, 2.75) is 32.8 Å². The van der Waals surface area contributed by atoms with Crippen molar-refractivity contribution in [1.29, 1.82) is 0 Å². The number of piperazine rings is 1. The average Bonchev–Trinajstić information content (AvgIpc) is 3.15. The maximum absolute atomic E-state index is 14.9. The van der Waals surface area contributed by atoms with Crippen molar-refractivity contribution in [2.24, 2.45) is 0 Å². The van der Waals surface area contributed by atoms with Gasteiger partial charge in [0.1, 0.15) is 32.1 Å². The standard InChI is InChI=1S/C25H28ClF2N5O3S/c1-25(2,3)36-24(35)33-10-8-32(9-11-33)18-13-16(27)14(12-17(18)28)6-7-30-22(34)21-20(29)15-4-5-19(26)31-23(15)37-21/h4-5,12-13H,6-11,29H2,1-3H3,(H,30,34). The van der Waals surface area contributed by atoms with E-state index in [1.807, 2.05) is 0 Å². The number of nitrogens with zero attached hydrogens (tertiary/aromatic N) is 3. The molecule has 2 amide bonds. The van der Waals surface area contributed by atoms with Crippen LogP contribution in [0.15, 0.2) is 24.3 Å². The summed E-state index contributed by atoms with van der Waals surface area (Å²) in [5, 5.41) is 3.63. The zero-order valence-electron chi connectivity index (χ0n) is 20.7. The second-order valence-corrected chi connectivity index (χ2v) is 11.1. The van der Waals surface area contributed by atoms with Gasteiger partial charge in [-0.1, -0.05) is 11.6 Å². The Hall–Kier alpha value is -3.18. The number of anilines is 2. The molecule has 37 heavy (non-hydrogen) atoms. The van der Waals surface area contributed by atoms with Gasteiger partial charge in [-0.05, 0) is 51.0 Å². The van der Waals surface area contributed by atoms with E-state index in [0.717, 1.165) is 23.5 Å². The summed E-state index contributed by atoms with van der Waals surface area (Å²) in [5.74, 6) is -1.55. The highest BCUT2D eigenvalue weighted by molar-refractivity contribution is 7.21. The minimum Gasteiger partial charge on any atom is -0.444 e. The molecule has 1 saturated heterocycles. The first-order chi connectivity index (χ1) is 17.4. The maximum atomic E-state index is 14.9. The number of nitrogen functional groups attached to an aromatic ring is 1. The molecular weight excluding hydrogens is 524 g/mol. The number of aromatic nitrogens is 1. The number of pyridine rings is 1. The second-order valence-electron chi connectivity index (χ2n) is 9.69. The van der Waals surface area contributed by atoms with Crippen LogP contribution in [0.3, 0.4) is 0 Å². The summed E-state index contributed by atoms with van der Waals surface area (Å²) in [6, 6.07) is 5.60. The van der Waals surface area contributed by atoms with E-state index in [0.29, 0.717) is 47.2 Å². The van der Waals surface area contributed by atoms with Gasteiger partial charge in [-0.3, -0.25) is 4.79 Å². The summed E-state index contributed by atoms with van der Waals surface area (Å²) in [5.41, 5.74) is 6.06. The Labute approximate surface area is 222 Å². The number of ether oxygens (including phenoxy) is 1. The molecule has 3 N–H and O–H groups in total. The molecule has 4 rings (SSSR count). The van der Waals surface area contributed by atoms with Crippen LogP contribution in [0, 0.1) is 11.6 Å². The normalized spacial score (nSPS) is 14.2. The molecule has 1 aliphatic heterocycles. The number of rotatable bonds is 5. The molecule has 0 atom stereocenters. The van der Waals surface area contributed by atoms with Gasteiger partial charge in [-0.25, -0.2) is 18.6 Å². The van der Waals surface area contributed by atoms with E-state index in [-0.39, 0.29) is 29.1 Å². The minimum absolute atomic E-state index is 0.0883. The molecule has 8 nitrogen and oxygen atoms in total. The lowest BCUT2D eigenvalue weighted by atomic mass is 10.1. The van der Waals surface area contributed by atoms with Crippen molar-refractivity contribution in [3.63, 3.8) is 0 Å². The third kappa shape index (κ3) is 6.22. The van der Waals surface area contributed by atoms with Crippen LogP contribution in [0.1, 0.15) is 36.0 Å². The van der Waals surface area contributed by atoms with Crippen LogP contribution in [0.2, 0.25) is 5.15 Å². The predicted octanol–water partition coefficient (Wildman–Crippen LogP) is 4.84. The summed E-state index contributed by atoms with van der Waals surface area (Å²) in [4.78, 5) is 33.1. The molecule has 3 aromatic rings. The molecule has 0 unspecified atom stereocenters. The molecule has 0 spiro atoms. The number of carbonyl (C=O) groups excluding carboxylic acids is 2. The molecule has 1 fully saturated rings. The fraction of sp³-hybridized carbons (Fsp3) is 0.400. The van der Waals surface area contributed by atoms with Crippen molar-refractivity contribution in [3.8, 4) is 0 Å². The number of benzene rings is 1. The molecule has 198 valence electrons. The SMILES string of the molecule is CC(C)(C)OC(=O)N1CCN(c2cc(F)c(CCNC(=O)c3sc4nc(Cl)ccc4c3N)cc2F)CC1.